The number of hydrogen-bond donors (Lipinski definition) is 1. The first kappa shape index (κ1) is 25.8. The number of fused-ring (bicyclic) bond motifs is 3. The molecule has 0 aliphatic heterocycles. The molecule has 44 heavy (non-hydrogen) atoms. The predicted octanol–water partition coefficient (Wildman–Crippen LogP) is 8.82. The number of benzene rings is 6. The van der Waals surface area contributed by atoms with Crippen LogP contribution in [0.1, 0.15) is 22.3 Å². The van der Waals surface area contributed by atoms with Gasteiger partial charge in [0.2, 0.25) is 0 Å². The van der Waals surface area contributed by atoms with Gasteiger partial charge >= 0.3 is 0 Å². The number of aromatic nitrogens is 3. The minimum Gasteiger partial charge on any atom is -0.399 e. The Bertz CT molecular complexity index is 2050. The highest BCUT2D eigenvalue weighted by atomic mass is 15.0. The monoisotopic (exact) mass is 564 g/mol. The van der Waals surface area contributed by atoms with Crippen LogP contribution in [0.5, 0.6) is 0 Å². The third-order valence-corrected chi connectivity index (χ3v) is 8.55. The maximum absolute atomic E-state index is 6.17. The van der Waals surface area contributed by atoms with Crippen molar-refractivity contribution in [2.75, 3.05) is 5.73 Å². The van der Waals surface area contributed by atoms with E-state index < -0.39 is 5.41 Å². The molecule has 4 nitrogen and oxygen atoms in total. The standard InChI is InChI=1S/C40H28N4/c41-32-23-21-31(22-24-32)40(30-16-8-3-9-17-30)35-19-11-10-18-33(35)34-26-29(20-25-36(34)40)39-43-37(27-12-4-1-5-13-27)42-38(44-39)28-14-6-2-7-15-28/h1-26H,41H2. The Morgan fingerprint density at radius 3 is 1.48 bits per heavy atom. The summed E-state index contributed by atoms with van der Waals surface area (Å²) in [6.45, 7) is 0. The highest BCUT2D eigenvalue weighted by molar-refractivity contribution is 5.88. The van der Waals surface area contributed by atoms with Crippen LogP contribution in [-0.4, -0.2) is 15.0 Å². The molecule has 0 bridgehead atoms. The van der Waals surface area contributed by atoms with Gasteiger partial charge in [0.1, 0.15) is 0 Å². The lowest BCUT2D eigenvalue weighted by molar-refractivity contribution is 0.768. The van der Waals surface area contributed by atoms with E-state index in [1.807, 2.05) is 72.8 Å². The lowest BCUT2D eigenvalue weighted by Gasteiger charge is -2.34. The molecule has 0 saturated heterocycles. The van der Waals surface area contributed by atoms with E-state index in [0.717, 1.165) is 22.4 Å². The summed E-state index contributed by atoms with van der Waals surface area (Å²) in [4.78, 5) is 14.9. The number of anilines is 1. The van der Waals surface area contributed by atoms with Gasteiger partial charge in [0.25, 0.3) is 0 Å². The molecule has 8 rings (SSSR count). The molecule has 0 amide bonds. The van der Waals surface area contributed by atoms with E-state index >= 15 is 0 Å². The summed E-state index contributed by atoms with van der Waals surface area (Å²) in [5, 5.41) is 0. The molecule has 208 valence electrons. The minimum absolute atomic E-state index is 0.497. The van der Waals surface area contributed by atoms with Crippen LogP contribution >= 0.6 is 0 Å². The van der Waals surface area contributed by atoms with Crippen molar-refractivity contribution in [1.29, 1.82) is 0 Å². The summed E-state index contributed by atoms with van der Waals surface area (Å²) < 4.78 is 0. The quantitative estimate of drug-likeness (QED) is 0.212. The zero-order valence-corrected chi connectivity index (χ0v) is 23.9. The minimum atomic E-state index is -0.497. The van der Waals surface area contributed by atoms with Gasteiger partial charge < -0.3 is 5.73 Å². The van der Waals surface area contributed by atoms with Crippen molar-refractivity contribution in [3.8, 4) is 45.3 Å². The van der Waals surface area contributed by atoms with E-state index in [9.17, 15) is 0 Å². The van der Waals surface area contributed by atoms with Gasteiger partial charge in [0.15, 0.2) is 17.5 Å². The van der Waals surface area contributed by atoms with Crippen molar-refractivity contribution in [2.24, 2.45) is 0 Å². The largest absolute Gasteiger partial charge is 0.399 e. The van der Waals surface area contributed by atoms with E-state index in [-0.39, 0.29) is 0 Å². The van der Waals surface area contributed by atoms with Gasteiger partial charge in [-0.3, -0.25) is 0 Å². The molecule has 7 aromatic rings. The number of hydrogen-bond acceptors (Lipinski definition) is 4. The van der Waals surface area contributed by atoms with E-state index in [1.165, 1.54) is 33.4 Å². The fourth-order valence-electron chi connectivity index (χ4n) is 6.57. The van der Waals surface area contributed by atoms with Crippen molar-refractivity contribution in [2.45, 2.75) is 5.41 Å². The molecule has 1 atom stereocenters. The van der Waals surface area contributed by atoms with Gasteiger partial charge in [-0.15, -0.1) is 0 Å². The molecule has 1 aromatic heterocycles. The van der Waals surface area contributed by atoms with Gasteiger partial charge in [-0.05, 0) is 51.6 Å². The van der Waals surface area contributed by atoms with Gasteiger partial charge in [0.05, 0.1) is 5.41 Å². The van der Waals surface area contributed by atoms with Crippen LogP contribution in [-0.2, 0) is 5.41 Å². The van der Waals surface area contributed by atoms with Gasteiger partial charge in [-0.25, -0.2) is 15.0 Å². The fourth-order valence-corrected chi connectivity index (χ4v) is 6.57. The molecule has 0 spiro atoms. The van der Waals surface area contributed by atoms with Crippen molar-refractivity contribution < 1.29 is 0 Å². The summed E-state index contributed by atoms with van der Waals surface area (Å²) in [6, 6.07) is 54.6. The third kappa shape index (κ3) is 4.11. The molecule has 0 fully saturated rings. The second kappa shape index (κ2) is 10.4. The number of rotatable bonds is 5. The van der Waals surface area contributed by atoms with Crippen LogP contribution in [0.25, 0.3) is 45.3 Å². The van der Waals surface area contributed by atoms with Crippen LogP contribution < -0.4 is 5.73 Å². The molecule has 2 N–H and O–H groups in total. The molecule has 0 saturated carbocycles. The zero-order chi connectivity index (χ0) is 29.5. The van der Waals surface area contributed by atoms with Crippen molar-refractivity contribution in [3.63, 3.8) is 0 Å². The molecule has 1 unspecified atom stereocenters. The van der Waals surface area contributed by atoms with E-state index in [0.29, 0.717) is 17.5 Å². The third-order valence-electron chi connectivity index (χ3n) is 8.55. The Morgan fingerprint density at radius 1 is 0.386 bits per heavy atom. The average Bonchev–Trinajstić information content (AvgIpc) is 3.40. The maximum Gasteiger partial charge on any atom is 0.164 e. The fraction of sp³-hybridized carbons (Fsp3) is 0.0250. The van der Waals surface area contributed by atoms with Crippen LogP contribution in [0, 0.1) is 0 Å². The normalized spacial score (nSPS) is 15.0. The van der Waals surface area contributed by atoms with E-state index in [2.05, 4.69) is 84.9 Å². The summed E-state index contributed by atoms with van der Waals surface area (Å²) >= 11 is 0. The first-order valence-corrected chi connectivity index (χ1v) is 14.7. The van der Waals surface area contributed by atoms with Crippen LogP contribution in [0.2, 0.25) is 0 Å². The summed E-state index contributed by atoms with van der Waals surface area (Å²) in [7, 11) is 0. The predicted molar refractivity (Wildman–Crippen MR) is 178 cm³/mol. The molecule has 4 heteroatoms. The Morgan fingerprint density at radius 2 is 0.864 bits per heavy atom. The van der Waals surface area contributed by atoms with Crippen molar-refractivity contribution in [3.05, 3.63) is 180 Å². The van der Waals surface area contributed by atoms with Gasteiger partial charge in [-0.1, -0.05) is 140 Å². The lowest BCUT2D eigenvalue weighted by atomic mass is 9.67. The van der Waals surface area contributed by atoms with E-state index in [4.69, 9.17) is 20.7 Å². The highest BCUT2D eigenvalue weighted by Crippen LogP contribution is 2.56. The second-order valence-electron chi connectivity index (χ2n) is 11.1. The number of nitrogens with two attached hydrogens (primary N) is 1. The topological polar surface area (TPSA) is 64.7 Å². The zero-order valence-electron chi connectivity index (χ0n) is 23.9. The second-order valence-corrected chi connectivity index (χ2v) is 11.1. The first-order chi connectivity index (χ1) is 21.7. The van der Waals surface area contributed by atoms with Crippen molar-refractivity contribution in [1.82, 2.24) is 15.0 Å². The molecule has 0 radical (unpaired) electrons. The summed E-state index contributed by atoms with van der Waals surface area (Å²) in [6.07, 6.45) is 0. The molecule has 1 aliphatic carbocycles. The van der Waals surface area contributed by atoms with E-state index in [1.54, 1.807) is 0 Å². The van der Waals surface area contributed by atoms with Gasteiger partial charge in [0, 0.05) is 22.4 Å². The number of nitrogens with zero attached hydrogens (tertiary/aromatic N) is 3. The highest BCUT2D eigenvalue weighted by Gasteiger charge is 2.46. The average molecular weight is 565 g/mol. The Labute approximate surface area is 256 Å². The molecular formula is C40H28N4. The Kier molecular flexibility index (Phi) is 6.13. The molecule has 6 aromatic carbocycles. The van der Waals surface area contributed by atoms with Gasteiger partial charge in [-0.2, -0.15) is 0 Å². The Balaban J connectivity index is 1.38. The van der Waals surface area contributed by atoms with Crippen LogP contribution in [0.4, 0.5) is 5.69 Å². The summed E-state index contributed by atoms with van der Waals surface area (Å²) in [5.41, 5.74) is 16.5. The SMILES string of the molecule is Nc1ccc(C2(c3ccccc3)c3ccccc3-c3cc(-c4nc(-c5ccccc5)nc(-c5ccccc5)n4)ccc32)cc1. The van der Waals surface area contributed by atoms with Crippen molar-refractivity contribution >= 4 is 5.69 Å². The molecule has 1 aliphatic rings. The lowest BCUT2D eigenvalue weighted by Crippen LogP contribution is -2.28. The smallest absolute Gasteiger partial charge is 0.164 e. The summed E-state index contributed by atoms with van der Waals surface area (Å²) in [5.74, 6) is 1.94. The Hall–Kier alpha value is -5.87. The first-order valence-electron chi connectivity index (χ1n) is 14.7. The molecule has 1 heterocycles. The molecular weight excluding hydrogens is 536 g/mol. The van der Waals surface area contributed by atoms with Crippen LogP contribution in [0.15, 0.2) is 158 Å². The number of nitrogen functional groups attached to an aromatic ring is 1. The van der Waals surface area contributed by atoms with Crippen LogP contribution in [0.3, 0.4) is 0 Å². The maximum atomic E-state index is 6.17.